The molecule has 2 saturated carbocycles. The van der Waals surface area contributed by atoms with Crippen molar-refractivity contribution in [2.24, 2.45) is 22.2 Å². The maximum Gasteiger partial charge on any atom is 0.243 e. The molecule has 1 spiro atoms. The van der Waals surface area contributed by atoms with Crippen molar-refractivity contribution < 1.29 is 4.79 Å². The van der Waals surface area contributed by atoms with E-state index in [9.17, 15) is 4.79 Å². The van der Waals surface area contributed by atoms with Crippen molar-refractivity contribution in [2.75, 3.05) is 6.54 Å². The van der Waals surface area contributed by atoms with Gasteiger partial charge in [0.2, 0.25) is 5.91 Å². The van der Waals surface area contributed by atoms with Crippen molar-refractivity contribution in [1.82, 2.24) is 5.32 Å². The second kappa shape index (κ2) is 2.96. The lowest BCUT2D eigenvalue weighted by Gasteiger charge is -2.47. The van der Waals surface area contributed by atoms with Gasteiger partial charge in [-0.05, 0) is 41.4 Å². The van der Waals surface area contributed by atoms with Crippen LogP contribution < -0.4 is 5.32 Å². The zero-order valence-electron chi connectivity index (χ0n) is 11.4. The molecule has 2 heteroatoms. The van der Waals surface area contributed by atoms with E-state index in [-0.39, 0.29) is 22.2 Å². The normalized spacial score (nSPS) is 41.5. The Kier molecular flexibility index (Phi) is 1.97. The Morgan fingerprint density at radius 2 is 2.00 bits per heavy atom. The van der Waals surface area contributed by atoms with Crippen LogP contribution in [0.5, 0.6) is 0 Å². The number of nitrogens with one attached hydrogen (secondary N) is 1. The van der Waals surface area contributed by atoms with Crippen LogP contribution in [0.4, 0.5) is 0 Å². The molecule has 0 radical (unpaired) electrons. The maximum atomic E-state index is 11.9. The Bertz CT molecular complexity index is 419. The highest BCUT2D eigenvalue weighted by atomic mass is 16.1. The van der Waals surface area contributed by atoms with E-state index in [1.807, 2.05) is 6.08 Å². The Balaban J connectivity index is 2.20. The predicted molar refractivity (Wildman–Crippen MR) is 68.4 cm³/mol. The number of hydrogen-bond donors (Lipinski definition) is 1. The van der Waals surface area contributed by atoms with E-state index < -0.39 is 0 Å². The van der Waals surface area contributed by atoms with Gasteiger partial charge >= 0.3 is 0 Å². The molecule has 2 unspecified atom stereocenters. The smallest absolute Gasteiger partial charge is 0.243 e. The average Bonchev–Trinajstić information content (AvgIpc) is 2.72. The second-order valence-electron chi connectivity index (χ2n) is 7.40. The molecule has 2 bridgehead atoms. The summed E-state index contributed by atoms with van der Waals surface area (Å²) in [7, 11) is 0. The van der Waals surface area contributed by atoms with Gasteiger partial charge in [-0.3, -0.25) is 4.79 Å². The number of allylic oxidation sites excluding steroid dienone is 1. The minimum Gasteiger partial charge on any atom is -0.352 e. The summed E-state index contributed by atoms with van der Waals surface area (Å²) in [5.41, 5.74) is 2.12. The number of hydrogen-bond acceptors (Lipinski definition) is 1. The van der Waals surface area contributed by atoms with Crippen molar-refractivity contribution in [3.05, 3.63) is 11.6 Å². The summed E-state index contributed by atoms with van der Waals surface area (Å²) < 4.78 is 0. The van der Waals surface area contributed by atoms with Crippen LogP contribution in [0.3, 0.4) is 0 Å². The van der Waals surface area contributed by atoms with Gasteiger partial charge in [-0.1, -0.05) is 33.3 Å². The fraction of sp³-hybridized carbons (Fsp3) is 0.800. The van der Waals surface area contributed by atoms with Gasteiger partial charge in [-0.25, -0.2) is 0 Å². The van der Waals surface area contributed by atoms with Crippen LogP contribution >= 0.6 is 0 Å². The largest absolute Gasteiger partial charge is 0.352 e. The molecule has 1 heterocycles. The molecule has 1 N–H and O–H groups in total. The fourth-order valence-electron chi connectivity index (χ4n) is 4.71. The second-order valence-corrected chi connectivity index (χ2v) is 7.40. The third-order valence-electron chi connectivity index (χ3n) is 6.02. The monoisotopic (exact) mass is 233 g/mol. The molecule has 0 aromatic heterocycles. The number of fused-ring (bicyclic) bond motifs is 1. The summed E-state index contributed by atoms with van der Waals surface area (Å²) in [6.07, 6.45) is 5.82. The van der Waals surface area contributed by atoms with E-state index in [2.05, 4.69) is 33.0 Å². The van der Waals surface area contributed by atoms with Gasteiger partial charge in [0, 0.05) is 12.6 Å². The van der Waals surface area contributed by atoms with E-state index in [1.54, 1.807) is 0 Å². The van der Waals surface area contributed by atoms with Gasteiger partial charge in [0.15, 0.2) is 0 Å². The third-order valence-corrected chi connectivity index (χ3v) is 6.02. The first-order chi connectivity index (χ1) is 7.80. The summed E-state index contributed by atoms with van der Waals surface area (Å²) in [5.74, 6) is 0.893. The predicted octanol–water partition coefficient (Wildman–Crippen LogP) is 2.90. The van der Waals surface area contributed by atoms with E-state index in [4.69, 9.17) is 0 Å². The lowest BCUT2D eigenvalue weighted by atomic mass is 9.58. The van der Waals surface area contributed by atoms with Crippen LogP contribution in [0.25, 0.3) is 0 Å². The highest BCUT2D eigenvalue weighted by Gasteiger charge is 2.64. The van der Waals surface area contributed by atoms with Crippen molar-refractivity contribution in [3.63, 3.8) is 0 Å². The van der Waals surface area contributed by atoms with E-state index in [0.29, 0.717) is 0 Å². The van der Waals surface area contributed by atoms with Crippen molar-refractivity contribution >= 4 is 5.91 Å². The lowest BCUT2D eigenvalue weighted by molar-refractivity contribution is -0.116. The minimum absolute atomic E-state index is 0.116. The van der Waals surface area contributed by atoms with Gasteiger partial charge in [0.05, 0.1) is 0 Å². The van der Waals surface area contributed by atoms with Gasteiger partial charge < -0.3 is 5.32 Å². The zero-order chi connectivity index (χ0) is 12.5. The topological polar surface area (TPSA) is 29.1 Å². The molecule has 2 nitrogen and oxygen atoms in total. The first-order valence-corrected chi connectivity index (χ1v) is 6.80. The third kappa shape index (κ3) is 1.19. The summed E-state index contributed by atoms with van der Waals surface area (Å²) in [4.78, 5) is 11.9. The molecule has 0 saturated heterocycles. The van der Waals surface area contributed by atoms with Gasteiger partial charge in [-0.15, -0.1) is 0 Å². The number of amides is 1. The van der Waals surface area contributed by atoms with Crippen LogP contribution in [0.1, 0.15) is 47.0 Å². The van der Waals surface area contributed by atoms with Crippen LogP contribution in [-0.4, -0.2) is 12.5 Å². The molecule has 1 aliphatic heterocycles. The van der Waals surface area contributed by atoms with Gasteiger partial charge in [-0.2, -0.15) is 0 Å². The average molecular weight is 233 g/mol. The van der Waals surface area contributed by atoms with Crippen molar-refractivity contribution in [1.29, 1.82) is 0 Å². The molecule has 3 aliphatic rings. The molecule has 2 atom stereocenters. The molecular weight excluding hydrogens is 210 g/mol. The fourth-order valence-corrected chi connectivity index (χ4v) is 4.71. The summed E-state index contributed by atoms with van der Waals surface area (Å²) in [6.45, 7) is 10.1. The summed E-state index contributed by atoms with van der Waals surface area (Å²) >= 11 is 0. The number of carbonyl (C=O) groups excluding carboxylic acids is 1. The van der Waals surface area contributed by atoms with Gasteiger partial charge in [0.25, 0.3) is 0 Å². The van der Waals surface area contributed by atoms with Crippen molar-refractivity contribution in [3.8, 4) is 0 Å². The quantitative estimate of drug-likeness (QED) is 0.685. The Morgan fingerprint density at radius 1 is 1.29 bits per heavy atom. The molecule has 3 rings (SSSR count). The van der Waals surface area contributed by atoms with Crippen molar-refractivity contribution in [2.45, 2.75) is 47.0 Å². The Morgan fingerprint density at radius 3 is 2.71 bits per heavy atom. The molecule has 2 fully saturated rings. The van der Waals surface area contributed by atoms with E-state index in [1.165, 1.54) is 24.8 Å². The van der Waals surface area contributed by atoms with Crippen LogP contribution in [0, 0.1) is 22.2 Å². The summed E-state index contributed by atoms with van der Waals surface area (Å²) in [5, 5.41) is 3.06. The molecule has 17 heavy (non-hydrogen) atoms. The zero-order valence-corrected chi connectivity index (χ0v) is 11.4. The molecule has 1 amide bonds. The highest BCUT2D eigenvalue weighted by molar-refractivity contribution is 5.89. The van der Waals surface area contributed by atoms with E-state index in [0.717, 1.165) is 12.5 Å². The SMILES string of the molecule is CC1(C)C2=CC(=O)NCC(C)(C)C23CCC1C3. The van der Waals surface area contributed by atoms with E-state index >= 15 is 0 Å². The standard InChI is InChI=1S/C15H23NO/c1-13(2)9-16-12(17)7-11-14(3,4)10-5-6-15(11,13)8-10/h7,10H,5-6,8-9H2,1-4H3,(H,16,17). The van der Waals surface area contributed by atoms with Gasteiger partial charge in [0.1, 0.15) is 0 Å². The first kappa shape index (κ1) is 11.3. The minimum atomic E-state index is 0.116. The Labute approximate surface area is 104 Å². The molecule has 94 valence electrons. The molecular formula is C15H23NO. The lowest BCUT2D eigenvalue weighted by Crippen LogP contribution is -2.43. The molecule has 0 aromatic carbocycles. The van der Waals surface area contributed by atoms with Crippen LogP contribution in [0.2, 0.25) is 0 Å². The maximum absolute atomic E-state index is 11.9. The van der Waals surface area contributed by atoms with Crippen LogP contribution in [-0.2, 0) is 4.79 Å². The molecule has 2 aliphatic carbocycles. The molecule has 0 aromatic rings. The number of rotatable bonds is 0. The number of carbonyl (C=O) groups is 1. The first-order valence-electron chi connectivity index (χ1n) is 6.80. The highest BCUT2D eigenvalue weighted by Crippen LogP contribution is 2.71. The van der Waals surface area contributed by atoms with Crippen LogP contribution in [0.15, 0.2) is 11.6 Å². The Hall–Kier alpha value is -0.790. The summed E-state index contributed by atoms with van der Waals surface area (Å²) in [6, 6.07) is 0.